The van der Waals surface area contributed by atoms with Gasteiger partial charge in [-0.15, -0.1) is 0 Å². The van der Waals surface area contributed by atoms with Crippen molar-refractivity contribution in [3.05, 3.63) is 53.6 Å². The minimum absolute atomic E-state index is 0.218. The first-order valence-electron chi connectivity index (χ1n) is 9.11. The molecular formula is C21H22N2O2. The molecule has 4 heteroatoms. The minimum atomic E-state index is 0.218. The summed E-state index contributed by atoms with van der Waals surface area (Å²) < 4.78 is 5.71. The Balaban J connectivity index is 1.33. The summed E-state index contributed by atoms with van der Waals surface area (Å²) in [5.74, 6) is 1.74. The van der Waals surface area contributed by atoms with E-state index in [0.29, 0.717) is 18.4 Å². The van der Waals surface area contributed by atoms with Crippen LogP contribution in [0.3, 0.4) is 0 Å². The molecule has 3 aliphatic rings. The first-order chi connectivity index (χ1) is 12.2. The van der Waals surface area contributed by atoms with Crippen molar-refractivity contribution in [2.75, 3.05) is 19.7 Å². The third-order valence-corrected chi connectivity index (χ3v) is 5.67. The van der Waals surface area contributed by atoms with Crippen LogP contribution in [0.5, 0.6) is 5.75 Å². The highest BCUT2D eigenvalue weighted by molar-refractivity contribution is 5.79. The summed E-state index contributed by atoms with van der Waals surface area (Å²) in [7, 11) is 0. The van der Waals surface area contributed by atoms with Gasteiger partial charge in [0.15, 0.2) is 0 Å². The van der Waals surface area contributed by atoms with E-state index in [-0.39, 0.29) is 5.91 Å². The number of ether oxygens (including phenoxy) is 1. The van der Waals surface area contributed by atoms with Gasteiger partial charge in [-0.2, -0.15) is 0 Å². The average Bonchev–Trinajstić information content (AvgIpc) is 3.28. The van der Waals surface area contributed by atoms with E-state index in [9.17, 15) is 4.79 Å². The van der Waals surface area contributed by atoms with Crippen LogP contribution in [-0.2, 0) is 17.8 Å². The summed E-state index contributed by atoms with van der Waals surface area (Å²) in [6.07, 6.45) is 1.71. The van der Waals surface area contributed by atoms with E-state index >= 15 is 0 Å². The van der Waals surface area contributed by atoms with Gasteiger partial charge in [-0.1, -0.05) is 30.3 Å². The van der Waals surface area contributed by atoms with Crippen LogP contribution in [0.25, 0.3) is 11.1 Å². The Morgan fingerprint density at radius 2 is 2.04 bits per heavy atom. The quantitative estimate of drug-likeness (QED) is 0.938. The van der Waals surface area contributed by atoms with E-state index in [1.54, 1.807) is 0 Å². The second kappa shape index (κ2) is 5.88. The zero-order valence-corrected chi connectivity index (χ0v) is 14.2. The Morgan fingerprint density at radius 3 is 2.96 bits per heavy atom. The van der Waals surface area contributed by atoms with E-state index < -0.39 is 0 Å². The number of amides is 1. The molecule has 0 saturated carbocycles. The van der Waals surface area contributed by atoms with Crippen molar-refractivity contribution in [3.63, 3.8) is 0 Å². The molecule has 25 heavy (non-hydrogen) atoms. The third kappa shape index (κ3) is 2.81. The fourth-order valence-electron chi connectivity index (χ4n) is 4.42. The molecule has 4 nitrogen and oxygen atoms in total. The van der Waals surface area contributed by atoms with Gasteiger partial charge in [0.05, 0.1) is 6.61 Å². The minimum Gasteiger partial charge on any atom is -0.493 e. The summed E-state index contributed by atoms with van der Waals surface area (Å²) in [4.78, 5) is 13.9. The number of hydrogen-bond donors (Lipinski definition) is 1. The fourth-order valence-corrected chi connectivity index (χ4v) is 4.42. The van der Waals surface area contributed by atoms with Gasteiger partial charge in [-0.3, -0.25) is 9.69 Å². The molecule has 0 bridgehead atoms. The average molecular weight is 334 g/mol. The predicted octanol–water partition coefficient (Wildman–Crippen LogP) is 2.61. The van der Waals surface area contributed by atoms with Crippen LogP contribution in [0.15, 0.2) is 42.5 Å². The lowest BCUT2D eigenvalue weighted by molar-refractivity contribution is -0.119. The summed E-state index contributed by atoms with van der Waals surface area (Å²) in [5, 5.41) is 3.10. The van der Waals surface area contributed by atoms with Crippen molar-refractivity contribution in [3.8, 4) is 16.9 Å². The van der Waals surface area contributed by atoms with Crippen LogP contribution in [0, 0.1) is 5.92 Å². The van der Waals surface area contributed by atoms with Crippen LogP contribution in [0.2, 0.25) is 0 Å². The Hall–Kier alpha value is -2.33. The third-order valence-electron chi connectivity index (χ3n) is 5.67. The van der Waals surface area contributed by atoms with Gasteiger partial charge >= 0.3 is 0 Å². The molecule has 2 fully saturated rings. The standard InChI is InChI=1S/C21H22N2O2/c24-21-10-18-12-23(13-19(18)22-21)11-14-2-1-3-16(8-14)17-5-4-15-6-7-25-20(15)9-17/h1-5,8-9,18-19H,6-7,10-13H2,(H,22,24)/t18-,19+/m0/s1. The second-order valence-electron chi connectivity index (χ2n) is 7.45. The largest absolute Gasteiger partial charge is 0.493 e. The fraction of sp³-hybridized carbons (Fsp3) is 0.381. The first-order valence-corrected chi connectivity index (χ1v) is 9.11. The summed E-state index contributed by atoms with van der Waals surface area (Å²) in [5.41, 5.74) is 5.09. The number of nitrogens with zero attached hydrogens (tertiary/aromatic N) is 1. The molecule has 2 aromatic rings. The normalized spacial score (nSPS) is 24.7. The van der Waals surface area contributed by atoms with Gasteiger partial charge in [-0.05, 0) is 34.4 Å². The lowest BCUT2D eigenvalue weighted by Crippen LogP contribution is -2.32. The SMILES string of the molecule is O=C1C[C@H]2CN(Cc3cccc(-c4ccc5c(c4)OCC5)c3)C[C@H]2N1. The lowest BCUT2D eigenvalue weighted by atomic mass is 10.0. The number of hydrogen-bond acceptors (Lipinski definition) is 3. The van der Waals surface area contributed by atoms with Crippen molar-refractivity contribution in [1.29, 1.82) is 0 Å². The number of rotatable bonds is 3. The molecule has 0 radical (unpaired) electrons. The van der Waals surface area contributed by atoms with Crippen LogP contribution in [-0.4, -0.2) is 36.5 Å². The topological polar surface area (TPSA) is 41.6 Å². The van der Waals surface area contributed by atoms with Gasteiger partial charge < -0.3 is 10.1 Å². The van der Waals surface area contributed by atoms with Gasteiger partial charge in [-0.25, -0.2) is 0 Å². The van der Waals surface area contributed by atoms with Crippen molar-refractivity contribution in [1.82, 2.24) is 10.2 Å². The lowest BCUT2D eigenvalue weighted by Gasteiger charge is -2.17. The van der Waals surface area contributed by atoms with E-state index in [1.165, 1.54) is 22.3 Å². The van der Waals surface area contributed by atoms with Crippen molar-refractivity contribution in [2.45, 2.75) is 25.4 Å². The van der Waals surface area contributed by atoms with E-state index in [4.69, 9.17) is 4.74 Å². The van der Waals surface area contributed by atoms with Crippen LogP contribution < -0.4 is 10.1 Å². The maximum Gasteiger partial charge on any atom is 0.220 e. The summed E-state index contributed by atoms with van der Waals surface area (Å²) >= 11 is 0. The first kappa shape index (κ1) is 15.0. The zero-order valence-electron chi connectivity index (χ0n) is 14.2. The number of likely N-dealkylation sites (tertiary alicyclic amines) is 1. The van der Waals surface area contributed by atoms with E-state index in [0.717, 1.165) is 38.4 Å². The van der Waals surface area contributed by atoms with Gasteiger partial charge in [0.2, 0.25) is 5.91 Å². The number of carbonyl (C=O) groups excluding carboxylic acids is 1. The molecule has 2 aromatic carbocycles. The molecule has 3 heterocycles. The number of fused-ring (bicyclic) bond motifs is 2. The van der Waals surface area contributed by atoms with Crippen LogP contribution in [0.1, 0.15) is 17.5 Å². The summed E-state index contributed by atoms with van der Waals surface area (Å²) in [6.45, 7) is 3.72. The van der Waals surface area contributed by atoms with Crippen LogP contribution >= 0.6 is 0 Å². The molecule has 0 aromatic heterocycles. The molecule has 0 unspecified atom stereocenters. The van der Waals surface area contributed by atoms with Gasteiger partial charge in [0.1, 0.15) is 5.75 Å². The number of nitrogens with one attached hydrogen (secondary N) is 1. The Labute approximate surface area is 147 Å². The molecule has 128 valence electrons. The van der Waals surface area contributed by atoms with Crippen molar-refractivity contribution in [2.24, 2.45) is 5.92 Å². The zero-order chi connectivity index (χ0) is 16.8. The molecular weight excluding hydrogens is 312 g/mol. The smallest absolute Gasteiger partial charge is 0.220 e. The van der Waals surface area contributed by atoms with E-state index in [2.05, 4.69) is 52.7 Å². The number of carbonyl (C=O) groups is 1. The van der Waals surface area contributed by atoms with Crippen LogP contribution in [0.4, 0.5) is 0 Å². The van der Waals surface area contributed by atoms with E-state index in [1.807, 2.05) is 0 Å². The maximum atomic E-state index is 11.5. The Morgan fingerprint density at radius 1 is 1.12 bits per heavy atom. The maximum absolute atomic E-state index is 11.5. The molecule has 1 amide bonds. The summed E-state index contributed by atoms with van der Waals surface area (Å²) in [6, 6.07) is 15.7. The molecule has 1 N–H and O–H groups in total. The second-order valence-corrected chi connectivity index (χ2v) is 7.45. The monoisotopic (exact) mass is 334 g/mol. The Kier molecular flexibility index (Phi) is 3.52. The highest BCUT2D eigenvalue weighted by Crippen LogP contribution is 2.32. The molecule has 2 saturated heterocycles. The predicted molar refractivity (Wildman–Crippen MR) is 96.4 cm³/mol. The van der Waals surface area contributed by atoms with Crippen molar-refractivity contribution >= 4 is 5.91 Å². The molecule has 3 aliphatic heterocycles. The highest BCUT2D eigenvalue weighted by Gasteiger charge is 2.39. The highest BCUT2D eigenvalue weighted by atomic mass is 16.5. The molecule has 0 aliphatic carbocycles. The van der Waals surface area contributed by atoms with Crippen molar-refractivity contribution < 1.29 is 9.53 Å². The van der Waals surface area contributed by atoms with Gasteiger partial charge in [0, 0.05) is 44.4 Å². The molecule has 2 atom stereocenters. The number of benzene rings is 2. The molecule has 0 spiro atoms. The Bertz CT molecular complexity index is 816. The van der Waals surface area contributed by atoms with Gasteiger partial charge in [0.25, 0.3) is 0 Å². The molecule has 5 rings (SSSR count).